The van der Waals surface area contributed by atoms with Crippen LogP contribution in [0.4, 0.5) is 5.69 Å². The molecule has 1 rings (SSSR count). The summed E-state index contributed by atoms with van der Waals surface area (Å²) in [5, 5.41) is 0. The van der Waals surface area contributed by atoms with Gasteiger partial charge in [0.2, 0.25) is 0 Å². The van der Waals surface area contributed by atoms with Crippen molar-refractivity contribution in [2.45, 2.75) is 20.3 Å². The summed E-state index contributed by atoms with van der Waals surface area (Å²) in [4.78, 5) is 0. The fourth-order valence-electron chi connectivity index (χ4n) is 1.87. The van der Waals surface area contributed by atoms with E-state index in [1.54, 1.807) is 14.1 Å². The molecule has 0 saturated carbocycles. The summed E-state index contributed by atoms with van der Waals surface area (Å²) in [6, 6.07) is 5.74. The highest BCUT2D eigenvalue weighted by Gasteiger charge is 2.23. The molecule has 19 heavy (non-hydrogen) atoms. The number of aryl methyl sites for hydroxylation is 2. The Morgan fingerprint density at radius 2 is 1.63 bits per heavy atom. The third-order valence-electron chi connectivity index (χ3n) is 2.92. The average molecular weight is 305 g/mol. The van der Waals surface area contributed by atoms with Crippen LogP contribution in [0.3, 0.4) is 0 Å². The van der Waals surface area contributed by atoms with Crippen molar-refractivity contribution in [1.82, 2.24) is 4.31 Å². The molecule has 1 aromatic carbocycles. The Balaban J connectivity index is 3.00. The summed E-state index contributed by atoms with van der Waals surface area (Å²) in [6.45, 7) is 4.32. The van der Waals surface area contributed by atoms with Crippen LogP contribution in [0.15, 0.2) is 18.2 Å². The van der Waals surface area contributed by atoms with Gasteiger partial charge in [0.05, 0.1) is 5.69 Å². The van der Waals surface area contributed by atoms with E-state index in [0.717, 1.165) is 11.1 Å². The fraction of sp³-hybridized carbons (Fsp3) is 0.538. The molecule has 0 unspecified atom stereocenters. The maximum Gasteiger partial charge on any atom is 0.303 e. The topological polar surface area (TPSA) is 40.6 Å². The van der Waals surface area contributed by atoms with Gasteiger partial charge in [0.25, 0.3) is 0 Å². The molecule has 0 bridgehead atoms. The maximum absolute atomic E-state index is 12.4. The first kappa shape index (κ1) is 16.3. The molecule has 0 saturated heterocycles. The van der Waals surface area contributed by atoms with E-state index in [1.165, 1.54) is 8.61 Å². The number of rotatable bonds is 6. The van der Waals surface area contributed by atoms with Gasteiger partial charge in [-0.1, -0.05) is 6.07 Å². The van der Waals surface area contributed by atoms with Crippen molar-refractivity contribution < 1.29 is 8.42 Å². The molecule has 0 spiro atoms. The largest absolute Gasteiger partial charge is 0.303 e. The summed E-state index contributed by atoms with van der Waals surface area (Å²) >= 11 is 5.60. The molecule has 0 heterocycles. The Labute approximate surface area is 121 Å². The third-order valence-corrected chi connectivity index (χ3v) is 5.06. The zero-order valence-electron chi connectivity index (χ0n) is 11.9. The first-order chi connectivity index (χ1) is 8.78. The lowest BCUT2D eigenvalue weighted by Crippen LogP contribution is -2.40. The van der Waals surface area contributed by atoms with Gasteiger partial charge in [-0.15, -0.1) is 11.6 Å². The summed E-state index contributed by atoms with van der Waals surface area (Å²) in [7, 11) is -0.349. The second-order valence-electron chi connectivity index (χ2n) is 4.69. The number of halogens is 1. The van der Waals surface area contributed by atoms with Crippen LogP contribution in [0.1, 0.15) is 17.5 Å². The molecule has 0 aromatic heterocycles. The summed E-state index contributed by atoms with van der Waals surface area (Å²) in [6.07, 6.45) is 0.637. The fourth-order valence-corrected chi connectivity index (χ4v) is 3.14. The normalized spacial score (nSPS) is 11.9. The zero-order valence-corrected chi connectivity index (χ0v) is 13.4. The predicted octanol–water partition coefficient (Wildman–Crippen LogP) is 2.55. The van der Waals surface area contributed by atoms with Crippen LogP contribution >= 0.6 is 11.6 Å². The second-order valence-corrected chi connectivity index (χ2v) is 7.13. The van der Waals surface area contributed by atoms with Crippen molar-refractivity contribution in [1.29, 1.82) is 0 Å². The van der Waals surface area contributed by atoms with Gasteiger partial charge in [0.1, 0.15) is 0 Å². The first-order valence-electron chi connectivity index (χ1n) is 6.13. The van der Waals surface area contributed by atoms with Crippen LogP contribution in [0.2, 0.25) is 0 Å². The average Bonchev–Trinajstić information content (AvgIpc) is 2.33. The first-order valence-corrected chi connectivity index (χ1v) is 8.06. The molecule has 0 atom stereocenters. The molecule has 108 valence electrons. The van der Waals surface area contributed by atoms with E-state index in [2.05, 4.69) is 0 Å². The molecule has 0 N–H and O–H groups in total. The van der Waals surface area contributed by atoms with Gasteiger partial charge in [-0.05, 0) is 43.5 Å². The van der Waals surface area contributed by atoms with Crippen LogP contribution in [0.5, 0.6) is 0 Å². The van der Waals surface area contributed by atoms with Crippen LogP contribution in [0.25, 0.3) is 0 Å². The molecule has 0 aliphatic heterocycles. The number of hydrogen-bond acceptors (Lipinski definition) is 2. The van der Waals surface area contributed by atoms with E-state index in [-0.39, 0.29) is 0 Å². The smallest absolute Gasteiger partial charge is 0.261 e. The van der Waals surface area contributed by atoms with Gasteiger partial charge in [-0.3, -0.25) is 4.31 Å². The Kier molecular flexibility index (Phi) is 5.64. The Morgan fingerprint density at radius 3 is 2.11 bits per heavy atom. The minimum absolute atomic E-state index is 0.418. The molecule has 0 radical (unpaired) electrons. The highest BCUT2D eigenvalue weighted by Crippen LogP contribution is 2.21. The maximum atomic E-state index is 12.4. The second kappa shape index (κ2) is 6.59. The van der Waals surface area contributed by atoms with Crippen molar-refractivity contribution in [3.63, 3.8) is 0 Å². The highest BCUT2D eigenvalue weighted by molar-refractivity contribution is 7.90. The number of benzene rings is 1. The van der Waals surface area contributed by atoms with Gasteiger partial charge in [-0.2, -0.15) is 12.7 Å². The third kappa shape index (κ3) is 4.09. The van der Waals surface area contributed by atoms with Gasteiger partial charge >= 0.3 is 10.2 Å². The quantitative estimate of drug-likeness (QED) is 0.758. The summed E-state index contributed by atoms with van der Waals surface area (Å²) in [5.41, 5.74) is 2.76. The van der Waals surface area contributed by atoms with E-state index in [1.807, 2.05) is 32.0 Å². The van der Waals surface area contributed by atoms with E-state index in [0.29, 0.717) is 24.5 Å². The van der Waals surface area contributed by atoms with Crippen molar-refractivity contribution in [2.24, 2.45) is 0 Å². The van der Waals surface area contributed by atoms with Crippen molar-refractivity contribution in [2.75, 3.05) is 30.8 Å². The van der Waals surface area contributed by atoms with Crippen molar-refractivity contribution in [3.8, 4) is 0 Å². The van der Waals surface area contributed by atoms with Gasteiger partial charge in [-0.25, -0.2) is 0 Å². The summed E-state index contributed by atoms with van der Waals surface area (Å²) in [5.74, 6) is 0.452. The summed E-state index contributed by atoms with van der Waals surface area (Å²) < 4.78 is 27.4. The number of nitrogens with zero attached hydrogens (tertiary/aromatic N) is 2. The minimum Gasteiger partial charge on any atom is -0.261 e. The van der Waals surface area contributed by atoms with Gasteiger partial charge in [0, 0.05) is 26.5 Å². The lowest BCUT2D eigenvalue weighted by molar-refractivity contribution is 0.468. The lowest BCUT2D eigenvalue weighted by atomic mass is 10.1. The van der Waals surface area contributed by atoms with Gasteiger partial charge in [0.15, 0.2) is 0 Å². The van der Waals surface area contributed by atoms with Crippen molar-refractivity contribution >= 4 is 27.5 Å². The van der Waals surface area contributed by atoms with Crippen LogP contribution < -0.4 is 4.31 Å². The van der Waals surface area contributed by atoms with Crippen molar-refractivity contribution in [3.05, 3.63) is 29.3 Å². The SMILES string of the molecule is Cc1cc(C)cc(N(C)S(=O)(=O)N(C)CCCCl)c1. The Bertz CT molecular complexity index is 511. The molecule has 0 amide bonds. The van der Waals surface area contributed by atoms with Crippen LogP contribution in [-0.2, 0) is 10.2 Å². The van der Waals surface area contributed by atoms with E-state index in [9.17, 15) is 8.42 Å². The molecular weight excluding hydrogens is 284 g/mol. The zero-order chi connectivity index (χ0) is 14.6. The minimum atomic E-state index is -3.49. The molecule has 1 aromatic rings. The van der Waals surface area contributed by atoms with Gasteiger partial charge < -0.3 is 0 Å². The number of hydrogen-bond donors (Lipinski definition) is 0. The molecule has 4 nitrogen and oxygen atoms in total. The van der Waals surface area contributed by atoms with Crippen LogP contribution in [0, 0.1) is 13.8 Å². The molecule has 0 fully saturated rings. The van der Waals surface area contributed by atoms with E-state index < -0.39 is 10.2 Å². The number of alkyl halides is 1. The molecule has 0 aliphatic carbocycles. The van der Waals surface area contributed by atoms with Crippen LogP contribution in [-0.4, -0.2) is 39.2 Å². The number of anilines is 1. The highest BCUT2D eigenvalue weighted by atomic mass is 35.5. The van der Waals surface area contributed by atoms with E-state index in [4.69, 9.17) is 11.6 Å². The Morgan fingerprint density at radius 1 is 1.11 bits per heavy atom. The monoisotopic (exact) mass is 304 g/mol. The molecular formula is C13H21ClN2O2S. The van der Waals surface area contributed by atoms with E-state index >= 15 is 0 Å². The molecule has 6 heteroatoms. The standard InChI is InChI=1S/C13H21ClN2O2S/c1-11-8-12(2)10-13(9-11)16(4)19(17,18)15(3)7-5-6-14/h8-10H,5-7H2,1-4H3. The molecule has 0 aliphatic rings. The lowest BCUT2D eigenvalue weighted by Gasteiger charge is -2.26. The predicted molar refractivity (Wildman–Crippen MR) is 81.2 cm³/mol. The Hall–Kier alpha value is -0.780.